The van der Waals surface area contributed by atoms with Crippen LogP contribution in [-0.4, -0.2) is 57.0 Å². The number of rotatable bonds is 4. The third kappa shape index (κ3) is 5.13. The van der Waals surface area contributed by atoms with Gasteiger partial charge < -0.3 is 15.6 Å². The van der Waals surface area contributed by atoms with E-state index in [-0.39, 0.29) is 36.3 Å². The molecule has 0 spiro atoms. The second kappa shape index (κ2) is 10.7. The van der Waals surface area contributed by atoms with E-state index in [1.165, 1.54) is 29.1 Å². The summed E-state index contributed by atoms with van der Waals surface area (Å²) < 4.78 is 0. The molecule has 1 aromatic carbocycles. The van der Waals surface area contributed by atoms with Crippen LogP contribution < -0.4 is 10.6 Å². The fourth-order valence-corrected chi connectivity index (χ4v) is 6.64. The van der Waals surface area contributed by atoms with Crippen molar-refractivity contribution in [2.75, 3.05) is 13.1 Å². The van der Waals surface area contributed by atoms with Crippen LogP contribution in [0.5, 0.6) is 0 Å². The van der Waals surface area contributed by atoms with Crippen LogP contribution >= 0.6 is 35.3 Å². The van der Waals surface area contributed by atoms with Gasteiger partial charge in [0.15, 0.2) is 5.01 Å². The summed E-state index contributed by atoms with van der Waals surface area (Å²) in [6, 6.07) is 7.09. The van der Waals surface area contributed by atoms with Gasteiger partial charge in [0.2, 0.25) is 0 Å². The minimum atomic E-state index is -0.168. The zero-order chi connectivity index (χ0) is 23.9. The van der Waals surface area contributed by atoms with Gasteiger partial charge in [0.1, 0.15) is 5.69 Å². The Labute approximate surface area is 225 Å². The standard InChI is InChI=1S/C25H29ClN6O2S.ClH/c26-16-7-8-17-15(11-16)12-20(27-17)23(33)28-18-5-1-2-6-19(18)29-24(34)25-30-21-13-31-9-3-4-10-32(31)14-22(21)35-25;/h7-8,11-12,18-19,27H,1-6,9-10,13-14H2,(H,28,33)(H,29,34);1H. The lowest BCUT2D eigenvalue weighted by Crippen LogP contribution is -2.53. The van der Waals surface area contributed by atoms with Crippen LogP contribution in [0.1, 0.15) is 69.4 Å². The van der Waals surface area contributed by atoms with Crippen molar-refractivity contribution in [2.45, 2.75) is 63.7 Å². The van der Waals surface area contributed by atoms with Gasteiger partial charge in [-0.25, -0.2) is 15.0 Å². The molecule has 2 fully saturated rings. The Hall–Kier alpha value is -2.17. The molecule has 192 valence electrons. The molecule has 3 aliphatic rings. The van der Waals surface area contributed by atoms with E-state index >= 15 is 0 Å². The fraction of sp³-hybridized carbons (Fsp3) is 0.480. The minimum absolute atomic E-state index is 0. The molecule has 2 aliphatic heterocycles. The Morgan fingerprint density at radius 1 is 0.972 bits per heavy atom. The van der Waals surface area contributed by atoms with Gasteiger partial charge in [-0.15, -0.1) is 23.7 Å². The second-order valence-corrected chi connectivity index (χ2v) is 11.3. The molecule has 1 saturated heterocycles. The number of aromatic amines is 1. The number of benzene rings is 1. The first-order valence-electron chi connectivity index (χ1n) is 12.4. The molecule has 2 aromatic heterocycles. The number of hydrazine groups is 1. The zero-order valence-corrected chi connectivity index (χ0v) is 22.3. The van der Waals surface area contributed by atoms with E-state index in [1.54, 1.807) is 6.07 Å². The van der Waals surface area contributed by atoms with Crippen molar-refractivity contribution in [1.29, 1.82) is 0 Å². The van der Waals surface area contributed by atoms with Crippen molar-refractivity contribution < 1.29 is 9.59 Å². The van der Waals surface area contributed by atoms with Crippen molar-refractivity contribution in [3.05, 3.63) is 50.6 Å². The van der Waals surface area contributed by atoms with Gasteiger partial charge in [0.05, 0.1) is 12.2 Å². The second-order valence-electron chi connectivity index (χ2n) is 9.73. The number of carbonyl (C=O) groups excluding carboxylic acids is 2. The van der Waals surface area contributed by atoms with Gasteiger partial charge in [0.25, 0.3) is 11.8 Å². The summed E-state index contributed by atoms with van der Waals surface area (Å²) in [4.78, 5) is 35.3. The average molecular weight is 550 g/mol. The highest BCUT2D eigenvalue weighted by molar-refractivity contribution is 7.13. The summed E-state index contributed by atoms with van der Waals surface area (Å²) >= 11 is 7.59. The van der Waals surface area contributed by atoms with Crippen LogP contribution in [0.15, 0.2) is 24.3 Å². The minimum Gasteiger partial charge on any atom is -0.351 e. The van der Waals surface area contributed by atoms with Gasteiger partial charge >= 0.3 is 0 Å². The number of carbonyl (C=O) groups is 2. The lowest BCUT2D eigenvalue weighted by atomic mass is 9.90. The molecule has 8 nitrogen and oxygen atoms in total. The van der Waals surface area contributed by atoms with E-state index in [9.17, 15) is 9.59 Å². The van der Waals surface area contributed by atoms with Gasteiger partial charge in [-0.05, 0) is 49.9 Å². The number of H-pyrrole nitrogens is 1. The van der Waals surface area contributed by atoms with Crippen molar-refractivity contribution in [2.24, 2.45) is 0 Å². The van der Waals surface area contributed by atoms with E-state index in [2.05, 4.69) is 25.6 Å². The molecule has 2 atom stereocenters. The van der Waals surface area contributed by atoms with Gasteiger partial charge in [-0.1, -0.05) is 24.4 Å². The number of halogens is 2. The molecular weight excluding hydrogens is 519 g/mol. The van der Waals surface area contributed by atoms with Crippen molar-refractivity contribution in [3.8, 4) is 0 Å². The maximum Gasteiger partial charge on any atom is 0.280 e. The molecule has 2 amide bonds. The highest BCUT2D eigenvalue weighted by atomic mass is 35.5. The monoisotopic (exact) mass is 548 g/mol. The molecule has 1 saturated carbocycles. The third-order valence-electron chi connectivity index (χ3n) is 7.34. The predicted octanol–water partition coefficient (Wildman–Crippen LogP) is 4.50. The Morgan fingerprint density at radius 3 is 2.42 bits per heavy atom. The molecule has 0 bridgehead atoms. The Morgan fingerprint density at radius 2 is 1.67 bits per heavy atom. The number of fused-ring (bicyclic) bond motifs is 3. The number of hydrogen-bond donors (Lipinski definition) is 3. The Balaban J connectivity index is 0.00000267. The van der Waals surface area contributed by atoms with E-state index < -0.39 is 0 Å². The molecule has 3 N–H and O–H groups in total. The summed E-state index contributed by atoms with van der Waals surface area (Å²) in [6.07, 6.45) is 6.16. The van der Waals surface area contributed by atoms with E-state index in [4.69, 9.17) is 16.6 Å². The molecule has 1 aliphatic carbocycles. The number of nitrogens with one attached hydrogen (secondary N) is 3. The Bertz CT molecular complexity index is 1250. The van der Waals surface area contributed by atoms with Crippen LogP contribution in [0.2, 0.25) is 5.02 Å². The van der Waals surface area contributed by atoms with Crippen molar-refractivity contribution in [1.82, 2.24) is 30.6 Å². The van der Waals surface area contributed by atoms with Crippen LogP contribution in [0, 0.1) is 0 Å². The highest BCUT2D eigenvalue weighted by Crippen LogP contribution is 2.30. The summed E-state index contributed by atoms with van der Waals surface area (Å²) in [5.74, 6) is -0.303. The van der Waals surface area contributed by atoms with Crippen LogP contribution in [0.25, 0.3) is 10.9 Å². The van der Waals surface area contributed by atoms with Gasteiger partial charge in [-0.3, -0.25) is 9.59 Å². The Kier molecular flexibility index (Phi) is 7.55. The normalized spacial score (nSPS) is 22.4. The molecular formula is C25H30Cl2N6O2S. The molecule has 2 unspecified atom stereocenters. The van der Waals surface area contributed by atoms with Crippen LogP contribution in [-0.2, 0) is 13.1 Å². The number of thiazole rings is 1. The average Bonchev–Trinajstić information content (AvgIpc) is 3.47. The van der Waals surface area contributed by atoms with Crippen LogP contribution in [0.4, 0.5) is 0 Å². The SMILES string of the molecule is Cl.O=C(NC1CCCCC1NC(=O)c1nc2c(s1)CN1CCCCN1C2)c1cc2cc(Cl)ccc2[nH]1. The number of amides is 2. The first kappa shape index (κ1) is 25.5. The quantitative estimate of drug-likeness (QED) is 0.446. The molecule has 6 rings (SSSR count). The summed E-state index contributed by atoms with van der Waals surface area (Å²) in [6.45, 7) is 3.77. The molecule has 4 heterocycles. The van der Waals surface area contributed by atoms with E-state index in [0.29, 0.717) is 15.7 Å². The number of nitrogens with zero attached hydrogens (tertiary/aromatic N) is 3. The largest absolute Gasteiger partial charge is 0.351 e. The third-order valence-corrected chi connectivity index (χ3v) is 8.66. The maximum atomic E-state index is 13.2. The maximum absolute atomic E-state index is 13.2. The van der Waals surface area contributed by atoms with Gasteiger partial charge in [0, 0.05) is 52.5 Å². The first-order valence-corrected chi connectivity index (χ1v) is 13.6. The molecule has 0 radical (unpaired) electrons. The summed E-state index contributed by atoms with van der Waals surface area (Å²) in [7, 11) is 0. The van der Waals surface area contributed by atoms with E-state index in [0.717, 1.165) is 68.5 Å². The first-order chi connectivity index (χ1) is 17.0. The highest BCUT2D eigenvalue weighted by Gasteiger charge is 2.32. The smallest absolute Gasteiger partial charge is 0.280 e. The van der Waals surface area contributed by atoms with E-state index in [1.807, 2.05) is 18.2 Å². The predicted molar refractivity (Wildman–Crippen MR) is 144 cm³/mol. The molecule has 36 heavy (non-hydrogen) atoms. The molecule has 11 heteroatoms. The fourth-order valence-electron chi connectivity index (χ4n) is 5.47. The van der Waals surface area contributed by atoms with Crippen molar-refractivity contribution >= 4 is 58.1 Å². The van der Waals surface area contributed by atoms with Crippen LogP contribution in [0.3, 0.4) is 0 Å². The topological polar surface area (TPSA) is 93.4 Å². The summed E-state index contributed by atoms with van der Waals surface area (Å²) in [5.41, 5.74) is 2.40. The lowest BCUT2D eigenvalue weighted by Gasteiger charge is -2.41. The van der Waals surface area contributed by atoms with Gasteiger partial charge in [-0.2, -0.15) is 0 Å². The zero-order valence-electron chi connectivity index (χ0n) is 19.9. The molecule has 3 aromatic rings. The number of aromatic nitrogens is 2. The lowest BCUT2D eigenvalue weighted by molar-refractivity contribution is -0.0751. The summed E-state index contributed by atoms with van der Waals surface area (Å²) in [5, 5.41) is 13.1. The number of hydrogen-bond acceptors (Lipinski definition) is 6. The van der Waals surface area contributed by atoms with Crippen molar-refractivity contribution in [3.63, 3.8) is 0 Å².